The number of aromatic carboxylic acids is 1. The molecular weight excluding hydrogens is 222 g/mol. The highest BCUT2D eigenvalue weighted by molar-refractivity contribution is 5.90. The van der Waals surface area contributed by atoms with E-state index >= 15 is 0 Å². The van der Waals surface area contributed by atoms with Gasteiger partial charge in [0.05, 0.1) is 6.54 Å². The van der Waals surface area contributed by atoms with E-state index in [1.54, 1.807) is 0 Å². The number of hydrogen-bond donors (Lipinski definition) is 2. The van der Waals surface area contributed by atoms with E-state index < -0.39 is 5.97 Å². The summed E-state index contributed by atoms with van der Waals surface area (Å²) in [5.74, 6) is -0.464. The van der Waals surface area contributed by atoms with Crippen molar-refractivity contribution in [1.29, 1.82) is 0 Å². The number of nitrogens with one attached hydrogen (secondary N) is 1. The number of ether oxygens (including phenoxy) is 1. The Morgan fingerprint density at radius 1 is 1.59 bits per heavy atom. The molecule has 0 aromatic carbocycles. The quantitative estimate of drug-likeness (QED) is 0.845. The van der Waals surface area contributed by atoms with E-state index in [0.717, 1.165) is 12.8 Å². The molecule has 0 aliphatic carbocycles. The summed E-state index contributed by atoms with van der Waals surface area (Å²) >= 11 is 0. The molecule has 1 aliphatic rings. The Kier molecular flexibility index (Phi) is 3.26. The number of carboxylic acids is 1. The Hall–Kier alpha value is -1.65. The first-order valence-electron chi connectivity index (χ1n) is 5.92. The first-order valence-corrected chi connectivity index (χ1v) is 5.92. The van der Waals surface area contributed by atoms with Crippen LogP contribution in [0, 0.1) is 5.92 Å². The summed E-state index contributed by atoms with van der Waals surface area (Å²) in [5.41, 5.74) is 0.629. The van der Waals surface area contributed by atoms with Gasteiger partial charge < -0.3 is 19.6 Å². The summed E-state index contributed by atoms with van der Waals surface area (Å²) in [6.45, 7) is 4.92. The maximum Gasteiger partial charge on any atom is 0.375 e. The molecule has 2 rings (SSSR count). The maximum atomic E-state index is 10.9. The van der Waals surface area contributed by atoms with Gasteiger partial charge >= 0.3 is 5.97 Å². The molecule has 0 spiro atoms. The molecule has 1 aliphatic heterocycles. The van der Waals surface area contributed by atoms with Crippen LogP contribution >= 0.6 is 0 Å². The normalized spacial score (nSPS) is 18.4. The van der Waals surface area contributed by atoms with Crippen LogP contribution in [0.1, 0.15) is 37.2 Å². The standard InChI is InChI=1S/C12H17NO4/c1-3-7(4-2)9-5-13-8-6-16-11(12(14)15)10(8)17-9/h6-7,9,13H,3-5H2,1-2H3,(H,14,15). The second-order valence-electron chi connectivity index (χ2n) is 4.23. The summed E-state index contributed by atoms with van der Waals surface area (Å²) in [5, 5.41) is 12.1. The average Bonchev–Trinajstić information content (AvgIpc) is 2.73. The van der Waals surface area contributed by atoms with Crippen molar-refractivity contribution < 1.29 is 19.1 Å². The van der Waals surface area contributed by atoms with Gasteiger partial charge in [0.2, 0.25) is 0 Å². The molecule has 0 amide bonds. The molecule has 2 heterocycles. The molecule has 94 valence electrons. The number of carboxylic acid groups (broad SMARTS) is 1. The molecule has 1 unspecified atom stereocenters. The first-order chi connectivity index (χ1) is 8.17. The van der Waals surface area contributed by atoms with E-state index in [2.05, 4.69) is 19.2 Å². The minimum Gasteiger partial charge on any atom is -0.482 e. The van der Waals surface area contributed by atoms with Gasteiger partial charge in [-0.3, -0.25) is 0 Å². The second-order valence-corrected chi connectivity index (χ2v) is 4.23. The van der Waals surface area contributed by atoms with Gasteiger partial charge in [0, 0.05) is 0 Å². The van der Waals surface area contributed by atoms with E-state index in [9.17, 15) is 4.79 Å². The molecule has 0 bridgehead atoms. The lowest BCUT2D eigenvalue weighted by Gasteiger charge is -2.30. The number of furan rings is 1. The summed E-state index contributed by atoms with van der Waals surface area (Å²) in [6, 6.07) is 0. The number of fused-ring (bicyclic) bond motifs is 1. The van der Waals surface area contributed by atoms with Gasteiger partial charge in [-0.15, -0.1) is 0 Å². The molecule has 17 heavy (non-hydrogen) atoms. The number of hydrogen-bond acceptors (Lipinski definition) is 4. The lowest BCUT2D eigenvalue weighted by molar-refractivity contribution is 0.0644. The average molecular weight is 239 g/mol. The smallest absolute Gasteiger partial charge is 0.375 e. The minimum atomic E-state index is -1.10. The summed E-state index contributed by atoms with van der Waals surface area (Å²) in [6.07, 6.45) is 3.42. The van der Waals surface area contributed by atoms with E-state index in [4.69, 9.17) is 14.3 Å². The topological polar surface area (TPSA) is 71.7 Å². The Labute approximate surface area is 99.8 Å². The predicted octanol–water partition coefficient (Wildman–Crippen LogP) is 2.59. The fraction of sp³-hybridized carbons (Fsp3) is 0.583. The molecule has 2 N–H and O–H groups in total. The van der Waals surface area contributed by atoms with Crippen LogP contribution in [-0.4, -0.2) is 23.7 Å². The van der Waals surface area contributed by atoms with Gasteiger partial charge in [-0.2, -0.15) is 0 Å². The van der Waals surface area contributed by atoms with E-state index in [1.165, 1.54) is 6.26 Å². The van der Waals surface area contributed by atoms with Crippen molar-refractivity contribution in [2.45, 2.75) is 32.8 Å². The number of anilines is 1. The zero-order valence-electron chi connectivity index (χ0n) is 10.0. The van der Waals surface area contributed by atoms with Crippen LogP contribution in [-0.2, 0) is 0 Å². The molecule has 1 atom stereocenters. The highest BCUT2D eigenvalue weighted by Crippen LogP contribution is 2.37. The van der Waals surface area contributed by atoms with Gasteiger partial charge in [0.25, 0.3) is 5.76 Å². The van der Waals surface area contributed by atoms with Crippen molar-refractivity contribution in [1.82, 2.24) is 0 Å². The highest BCUT2D eigenvalue weighted by Gasteiger charge is 2.31. The molecule has 5 nitrogen and oxygen atoms in total. The molecule has 0 fully saturated rings. The first kappa shape index (κ1) is 11.8. The molecule has 0 saturated carbocycles. The van der Waals surface area contributed by atoms with Gasteiger partial charge in [-0.1, -0.05) is 13.8 Å². The molecule has 1 aromatic rings. The molecular formula is C12H17NO4. The Morgan fingerprint density at radius 3 is 2.88 bits per heavy atom. The Morgan fingerprint density at radius 2 is 2.29 bits per heavy atom. The molecule has 1 aromatic heterocycles. The highest BCUT2D eigenvalue weighted by atomic mass is 16.5. The van der Waals surface area contributed by atoms with Crippen molar-refractivity contribution in [2.24, 2.45) is 5.92 Å². The molecule has 5 heteroatoms. The van der Waals surface area contributed by atoms with Crippen LogP contribution < -0.4 is 10.1 Å². The van der Waals surface area contributed by atoms with Gasteiger partial charge in [0.1, 0.15) is 18.1 Å². The second kappa shape index (κ2) is 4.69. The van der Waals surface area contributed by atoms with Crippen LogP contribution in [0.15, 0.2) is 10.7 Å². The fourth-order valence-corrected chi connectivity index (χ4v) is 2.21. The third-order valence-corrected chi connectivity index (χ3v) is 3.28. The van der Waals surface area contributed by atoms with Crippen molar-refractivity contribution in [3.63, 3.8) is 0 Å². The monoisotopic (exact) mass is 239 g/mol. The van der Waals surface area contributed by atoms with Crippen LogP contribution in [0.3, 0.4) is 0 Å². The number of rotatable bonds is 4. The largest absolute Gasteiger partial charge is 0.482 e. The zero-order valence-corrected chi connectivity index (χ0v) is 10.0. The zero-order chi connectivity index (χ0) is 12.4. The third-order valence-electron chi connectivity index (χ3n) is 3.28. The van der Waals surface area contributed by atoms with Crippen LogP contribution in [0.2, 0.25) is 0 Å². The number of carbonyl (C=O) groups is 1. The van der Waals surface area contributed by atoms with Crippen LogP contribution in [0.25, 0.3) is 0 Å². The Bertz CT molecular complexity index is 409. The summed E-state index contributed by atoms with van der Waals surface area (Å²) in [7, 11) is 0. The lowest BCUT2D eigenvalue weighted by Crippen LogP contribution is -2.36. The molecule has 0 saturated heterocycles. The van der Waals surface area contributed by atoms with Crippen molar-refractivity contribution in [2.75, 3.05) is 11.9 Å². The van der Waals surface area contributed by atoms with Crippen molar-refractivity contribution in [3.8, 4) is 5.75 Å². The lowest BCUT2D eigenvalue weighted by atomic mass is 9.95. The van der Waals surface area contributed by atoms with Crippen LogP contribution in [0.5, 0.6) is 5.75 Å². The van der Waals surface area contributed by atoms with E-state index in [1.807, 2.05) is 0 Å². The fourth-order valence-electron chi connectivity index (χ4n) is 2.21. The maximum absolute atomic E-state index is 10.9. The van der Waals surface area contributed by atoms with E-state index in [0.29, 0.717) is 23.9 Å². The summed E-state index contributed by atoms with van der Waals surface area (Å²) < 4.78 is 10.8. The van der Waals surface area contributed by atoms with Crippen LogP contribution in [0.4, 0.5) is 5.69 Å². The van der Waals surface area contributed by atoms with E-state index in [-0.39, 0.29) is 11.9 Å². The van der Waals surface area contributed by atoms with Gasteiger partial charge in [-0.25, -0.2) is 4.79 Å². The van der Waals surface area contributed by atoms with Crippen molar-refractivity contribution in [3.05, 3.63) is 12.0 Å². The predicted molar refractivity (Wildman–Crippen MR) is 62.6 cm³/mol. The molecule has 0 radical (unpaired) electrons. The van der Waals surface area contributed by atoms with Crippen molar-refractivity contribution >= 4 is 11.7 Å². The minimum absolute atomic E-state index is 0.00759. The van der Waals surface area contributed by atoms with Gasteiger partial charge in [-0.05, 0) is 18.8 Å². The third kappa shape index (κ3) is 2.09. The Balaban J connectivity index is 2.22. The SMILES string of the molecule is CCC(CC)C1CNc2coc(C(=O)O)c2O1. The van der Waals surface area contributed by atoms with Gasteiger partial charge in [0.15, 0.2) is 5.75 Å². The summed E-state index contributed by atoms with van der Waals surface area (Å²) in [4.78, 5) is 10.9.